The number of aromatic nitrogens is 1. The van der Waals surface area contributed by atoms with Gasteiger partial charge in [-0.25, -0.2) is 4.98 Å². The number of nitrogens with zero attached hydrogens (tertiary/aromatic N) is 2. The molecule has 0 bridgehead atoms. The molecule has 6 nitrogen and oxygen atoms in total. The Kier molecular flexibility index (Phi) is 9.83. The Balaban J connectivity index is 1.71. The Morgan fingerprint density at radius 1 is 1.19 bits per heavy atom. The minimum Gasteiger partial charge on any atom is -0.379 e. The van der Waals surface area contributed by atoms with Crippen molar-refractivity contribution in [1.29, 1.82) is 0 Å². The second-order valence-corrected chi connectivity index (χ2v) is 7.09. The summed E-state index contributed by atoms with van der Waals surface area (Å²) in [6, 6.07) is 8.38. The fraction of sp³-hybridized carbons (Fsp3) is 0.500. The standard InChI is InChI=1S/C20H30N4O2S/c1-4-25-10-11-26-14-18-7-5-6-17(12-18)13-23-20(21-3)22-9-8-19-15-27-16(2)24-19/h5-7,12,15H,4,8-11,13-14H2,1-3H3,(H2,21,22,23). The number of benzene rings is 1. The van der Waals surface area contributed by atoms with Gasteiger partial charge in [0.25, 0.3) is 0 Å². The van der Waals surface area contributed by atoms with E-state index in [0.29, 0.717) is 26.4 Å². The van der Waals surface area contributed by atoms with Crippen LogP contribution in [0.25, 0.3) is 0 Å². The fourth-order valence-corrected chi connectivity index (χ4v) is 3.17. The normalized spacial score (nSPS) is 11.6. The van der Waals surface area contributed by atoms with E-state index in [1.807, 2.05) is 13.8 Å². The first-order valence-electron chi connectivity index (χ1n) is 9.30. The maximum absolute atomic E-state index is 5.63. The lowest BCUT2D eigenvalue weighted by molar-refractivity contribution is 0.0453. The van der Waals surface area contributed by atoms with Gasteiger partial charge in [-0.05, 0) is 25.0 Å². The monoisotopic (exact) mass is 390 g/mol. The van der Waals surface area contributed by atoms with E-state index >= 15 is 0 Å². The quantitative estimate of drug-likeness (QED) is 0.351. The van der Waals surface area contributed by atoms with E-state index in [2.05, 4.69) is 50.3 Å². The maximum Gasteiger partial charge on any atom is 0.191 e. The topological polar surface area (TPSA) is 67.8 Å². The highest BCUT2D eigenvalue weighted by Gasteiger charge is 2.02. The van der Waals surface area contributed by atoms with Crippen LogP contribution in [0.15, 0.2) is 34.6 Å². The van der Waals surface area contributed by atoms with E-state index in [-0.39, 0.29) is 0 Å². The summed E-state index contributed by atoms with van der Waals surface area (Å²) in [5.74, 6) is 0.792. The van der Waals surface area contributed by atoms with Crippen molar-refractivity contribution >= 4 is 17.3 Å². The van der Waals surface area contributed by atoms with Crippen LogP contribution in [0.4, 0.5) is 0 Å². The highest BCUT2D eigenvalue weighted by Crippen LogP contribution is 2.08. The van der Waals surface area contributed by atoms with Crippen LogP contribution < -0.4 is 10.6 Å². The minimum atomic E-state index is 0.598. The Bertz CT molecular complexity index is 703. The third-order valence-corrected chi connectivity index (χ3v) is 4.68. The van der Waals surface area contributed by atoms with Gasteiger partial charge in [0.1, 0.15) is 0 Å². The van der Waals surface area contributed by atoms with Crippen LogP contribution in [0.2, 0.25) is 0 Å². The van der Waals surface area contributed by atoms with Gasteiger partial charge < -0.3 is 20.1 Å². The Labute approximate surface area is 166 Å². The number of nitrogens with one attached hydrogen (secondary N) is 2. The predicted molar refractivity (Wildman–Crippen MR) is 111 cm³/mol. The molecule has 0 aliphatic rings. The molecule has 2 rings (SSSR count). The molecule has 27 heavy (non-hydrogen) atoms. The number of ether oxygens (including phenoxy) is 2. The van der Waals surface area contributed by atoms with Gasteiger partial charge in [0.15, 0.2) is 5.96 Å². The van der Waals surface area contributed by atoms with E-state index < -0.39 is 0 Å². The Morgan fingerprint density at radius 2 is 2.00 bits per heavy atom. The first kappa shape index (κ1) is 21.3. The molecule has 0 saturated carbocycles. The molecular weight excluding hydrogens is 360 g/mol. The van der Waals surface area contributed by atoms with E-state index in [0.717, 1.165) is 41.8 Å². The Hall–Kier alpha value is -1.96. The number of rotatable bonds is 11. The predicted octanol–water partition coefficient (Wildman–Crippen LogP) is 2.91. The molecule has 0 aliphatic heterocycles. The zero-order valence-corrected chi connectivity index (χ0v) is 17.3. The highest BCUT2D eigenvalue weighted by atomic mass is 32.1. The van der Waals surface area contributed by atoms with Crippen LogP contribution in [0.3, 0.4) is 0 Å². The number of guanidine groups is 1. The molecule has 0 aliphatic carbocycles. The smallest absolute Gasteiger partial charge is 0.191 e. The number of thiazole rings is 1. The van der Waals surface area contributed by atoms with Crippen LogP contribution in [-0.2, 0) is 29.0 Å². The second-order valence-electron chi connectivity index (χ2n) is 6.03. The van der Waals surface area contributed by atoms with Crippen molar-refractivity contribution in [1.82, 2.24) is 15.6 Å². The van der Waals surface area contributed by atoms with Crippen molar-refractivity contribution < 1.29 is 9.47 Å². The molecule has 7 heteroatoms. The zero-order chi connectivity index (χ0) is 19.3. The summed E-state index contributed by atoms with van der Waals surface area (Å²) in [6.45, 7) is 8.11. The van der Waals surface area contributed by atoms with Crippen LogP contribution in [0.1, 0.15) is 28.8 Å². The highest BCUT2D eigenvalue weighted by molar-refractivity contribution is 7.09. The lowest BCUT2D eigenvalue weighted by Gasteiger charge is -2.12. The molecule has 1 aromatic heterocycles. The van der Waals surface area contributed by atoms with Crippen LogP contribution in [0.5, 0.6) is 0 Å². The zero-order valence-electron chi connectivity index (χ0n) is 16.5. The van der Waals surface area contributed by atoms with Gasteiger partial charge in [-0.1, -0.05) is 24.3 Å². The van der Waals surface area contributed by atoms with Crippen LogP contribution in [0, 0.1) is 6.92 Å². The third-order valence-electron chi connectivity index (χ3n) is 3.86. The molecule has 2 N–H and O–H groups in total. The van der Waals surface area contributed by atoms with Crippen molar-refractivity contribution in [3.8, 4) is 0 Å². The number of aliphatic imine (C=N–C) groups is 1. The van der Waals surface area contributed by atoms with Gasteiger partial charge in [0, 0.05) is 38.5 Å². The average molecular weight is 391 g/mol. The summed E-state index contributed by atoms with van der Waals surface area (Å²) in [5, 5.41) is 9.89. The molecule has 0 fully saturated rings. The SMILES string of the molecule is CCOCCOCc1cccc(CNC(=NC)NCCc2csc(C)n2)c1. The summed E-state index contributed by atoms with van der Waals surface area (Å²) in [4.78, 5) is 8.75. The molecule has 0 radical (unpaired) electrons. The van der Waals surface area contributed by atoms with Gasteiger partial charge in [-0.15, -0.1) is 11.3 Å². The van der Waals surface area contributed by atoms with Crippen molar-refractivity contribution in [2.24, 2.45) is 4.99 Å². The maximum atomic E-state index is 5.63. The van der Waals surface area contributed by atoms with Crippen molar-refractivity contribution in [2.75, 3.05) is 33.4 Å². The van der Waals surface area contributed by atoms with Crippen molar-refractivity contribution in [2.45, 2.75) is 33.4 Å². The summed E-state index contributed by atoms with van der Waals surface area (Å²) < 4.78 is 10.9. The fourth-order valence-electron chi connectivity index (χ4n) is 2.52. The molecular formula is C20H30N4O2S. The summed E-state index contributed by atoms with van der Waals surface area (Å²) in [7, 11) is 1.78. The molecule has 1 heterocycles. The first-order valence-corrected chi connectivity index (χ1v) is 10.2. The lowest BCUT2D eigenvalue weighted by atomic mass is 10.1. The van der Waals surface area contributed by atoms with Crippen molar-refractivity contribution in [3.63, 3.8) is 0 Å². The summed E-state index contributed by atoms with van der Waals surface area (Å²) in [5.41, 5.74) is 3.48. The number of hydrogen-bond donors (Lipinski definition) is 2. The van der Waals surface area contributed by atoms with E-state index in [4.69, 9.17) is 9.47 Å². The van der Waals surface area contributed by atoms with Gasteiger partial charge >= 0.3 is 0 Å². The lowest BCUT2D eigenvalue weighted by Crippen LogP contribution is -2.37. The van der Waals surface area contributed by atoms with E-state index in [1.165, 1.54) is 5.56 Å². The molecule has 0 amide bonds. The third kappa shape index (κ3) is 8.51. The molecule has 0 spiro atoms. The van der Waals surface area contributed by atoms with Gasteiger partial charge in [-0.2, -0.15) is 0 Å². The largest absolute Gasteiger partial charge is 0.379 e. The number of aryl methyl sites for hydroxylation is 1. The van der Waals surface area contributed by atoms with E-state index in [1.54, 1.807) is 18.4 Å². The number of hydrogen-bond acceptors (Lipinski definition) is 5. The van der Waals surface area contributed by atoms with E-state index in [9.17, 15) is 0 Å². The first-order chi connectivity index (χ1) is 13.2. The summed E-state index contributed by atoms with van der Waals surface area (Å²) in [6.07, 6.45) is 0.889. The molecule has 0 atom stereocenters. The van der Waals surface area contributed by atoms with Gasteiger partial charge in [0.05, 0.1) is 30.5 Å². The molecule has 148 valence electrons. The molecule has 0 saturated heterocycles. The molecule has 2 aromatic rings. The molecule has 1 aromatic carbocycles. The van der Waals surface area contributed by atoms with Crippen LogP contribution in [-0.4, -0.2) is 44.4 Å². The van der Waals surface area contributed by atoms with Crippen molar-refractivity contribution in [3.05, 3.63) is 51.5 Å². The average Bonchev–Trinajstić information content (AvgIpc) is 3.10. The van der Waals surface area contributed by atoms with Gasteiger partial charge in [-0.3, -0.25) is 4.99 Å². The summed E-state index contributed by atoms with van der Waals surface area (Å²) >= 11 is 1.69. The van der Waals surface area contributed by atoms with Gasteiger partial charge in [0.2, 0.25) is 0 Å². The minimum absolute atomic E-state index is 0.598. The van der Waals surface area contributed by atoms with Crippen LogP contribution >= 0.6 is 11.3 Å². The molecule has 0 unspecified atom stereocenters. The Morgan fingerprint density at radius 3 is 2.74 bits per heavy atom. The second kappa shape index (κ2) is 12.4.